The molecule has 0 aliphatic carbocycles. The van der Waals surface area contributed by atoms with Gasteiger partial charge < -0.3 is 14.4 Å². The van der Waals surface area contributed by atoms with Crippen molar-refractivity contribution in [3.8, 4) is 0 Å². The van der Waals surface area contributed by atoms with E-state index in [9.17, 15) is 9.90 Å². The lowest BCUT2D eigenvalue weighted by molar-refractivity contribution is -0.147. The Hall–Kier alpha value is -2.11. The Bertz CT molecular complexity index is 639. The molecule has 0 saturated carbocycles. The Kier molecular flexibility index (Phi) is 7.70. The van der Waals surface area contributed by atoms with Crippen LogP contribution in [-0.2, 0) is 29.7 Å². The van der Waals surface area contributed by atoms with Crippen molar-refractivity contribution in [2.24, 2.45) is 7.05 Å². The first-order valence-electron chi connectivity index (χ1n) is 8.78. The molecule has 0 bridgehead atoms. The Labute approximate surface area is 149 Å². The van der Waals surface area contributed by atoms with E-state index in [2.05, 4.69) is 27.7 Å². The van der Waals surface area contributed by atoms with Crippen LogP contribution in [0, 0.1) is 0 Å². The molecule has 0 aliphatic heterocycles. The normalized spacial score (nSPS) is 12.3. The molecule has 1 atom stereocenters. The molecule has 0 amide bonds. The van der Waals surface area contributed by atoms with Crippen molar-refractivity contribution in [3.63, 3.8) is 0 Å². The Morgan fingerprint density at radius 3 is 2.60 bits per heavy atom. The average Bonchev–Trinajstić information content (AvgIpc) is 2.99. The zero-order valence-corrected chi connectivity index (χ0v) is 15.1. The molecule has 0 aliphatic rings. The summed E-state index contributed by atoms with van der Waals surface area (Å²) in [6.45, 7) is 3.86. The number of aryl methyl sites for hydroxylation is 1. The number of rotatable bonds is 10. The maximum atomic E-state index is 11.5. The van der Waals surface area contributed by atoms with Crippen LogP contribution in [0.1, 0.15) is 31.0 Å². The highest BCUT2D eigenvalue weighted by Crippen LogP contribution is 2.11. The van der Waals surface area contributed by atoms with Gasteiger partial charge in [0.15, 0.2) is 0 Å². The predicted octanol–water partition coefficient (Wildman–Crippen LogP) is 2.73. The van der Waals surface area contributed by atoms with Gasteiger partial charge in [-0.1, -0.05) is 37.3 Å². The third-order valence-electron chi connectivity index (χ3n) is 4.05. The van der Waals surface area contributed by atoms with Gasteiger partial charge in [-0.15, -0.1) is 0 Å². The molecule has 5 heteroatoms. The SMILES string of the molecule is CCCC(=O)OCC(O)CN(Cc1ccccc1)Cc1cccn1C. The monoisotopic (exact) mass is 344 g/mol. The summed E-state index contributed by atoms with van der Waals surface area (Å²) in [4.78, 5) is 13.6. The first kappa shape index (κ1) is 19.2. The number of aliphatic hydroxyl groups excluding tert-OH is 1. The largest absolute Gasteiger partial charge is 0.463 e. The van der Waals surface area contributed by atoms with Gasteiger partial charge in [0.2, 0.25) is 0 Å². The smallest absolute Gasteiger partial charge is 0.305 e. The Morgan fingerprint density at radius 2 is 1.96 bits per heavy atom. The zero-order valence-electron chi connectivity index (χ0n) is 15.1. The summed E-state index contributed by atoms with van der Waals surface area (Å²) in [5.74, 6) is -0.251. The third kappa shape index (κ3) is 6.72. The molecule has 1 aromatic carbocycles. The number of aromatic nitrogens is 1. The average molecular weight is 344 g/mol. The van der Waals surface area contributed by atoms with Gasteiger partial charge in [0.05, 0.1) is 0 Å². The molecule has 136 valence electrons. The van der Waals surface area contributed by atoms with Gasteiger partial charge in [-0.3, -0.25) is 9.69 Å². The Morgan fingerprint density at radius 1 is 1.20 bits per heavy atom. The van der Waals surface area contributed by atoms with Crippen molar-refractivity contribution in [1.29, 1.82) is 0 Å². The molecule has 1 aromatic heterocycles. The van der Waals surface area contributed by atoms with Crippen molar-refractivity contribution in [2.45, 2.75) is 39.0 Å². The van der Waals surface area contributed by atoms with Crippen molar-refractivity contribution >= 4 is 5.97 Å². The van der Waals surface area contributed by atoms with Crippen LogP contribution < -0.4 is 0 Å². The second-order valence-corrected chi connectivity index (χ2v) is 6.35. The van der Waals surface area contributed by atoms with E-state index in [1.54, 1.807) is 0 Å². The molecule has 0 fully saturated rings. The minimum Gasteiger partial charge on any atom is -0.463 e. The summed E-state index contributed by atoms with van der Waals surface area (Å²) < 4.78 is 7.21. The lowest BCUT2D eigenvalue weighted by Crippen LogP contribution is -2.35. The number of aliphatic hydroxyl groups is 1. The fourth-order valence-corrected chi connectivity index (χ4v) is 2.73. The molecule has 0 spiro atoms. The van der Waals surface area contributed by atoms with E-state index < -0.39 is 6.10 Å². The summed E-state index contributed by atoms with van der Waals surface area (Å²) in [6, 6.07) is 14.3. The van der Waals surface area contributed by atoms with Crippen LogP contribution in [0.5, 0.6) is 0 Å². The highest BCUT2D eigenvalue weighted by molar-refractivity contribution is 5.69. The van der Waals surface area contributed by atoms with E-state index in [0.29, 0.717) is 13.0 Å². The molecule has 25 heavy (non-hydrogen) atoms. The van der Waals surface area contributed by atoms with Crippen LogP contribution >= 0.6 is 0 Å². The van der Waals surface area contributed by atoms with E-state index >= 15 is 0 Å². The van der Waals surface area contributed by atoms with Gasteiger partial charge >= 0.3 is 5.97 Å². The quantitative estimate of drug-likeness (QED) is 0.674. The molecule has 0 radical (unpaired) electrons. The van der Waals surface area contributed by atoms with Crippen LogP contribution in [0.3, 0.4) is 0 Å². The van der Waals surface area contributed by atoms with Gasteiger partial charge in [0.25, 0.3) is 0 Å². The highest BCUT2D eigenvalue weighted by atomic mass is 16.5. The number of carbonyl (C=O) groups excluding carboxylic acids is 1. The minimum atomic E-state index is -0.704. The second-order valence-electron chi connectivity index (χ2n) is 6.35. The van der Waals surface area contributed by atoms with Crippen molar-refractivity contribution < 1.29 is 14.6 Å². The molecule has 1 heterocycles. The minimum absolute atomic E-state index is 0.0389. The maximum Gasteiger partial charge on any atom is 0.305 e. The number of carbonyl (C=O) groups is 1. The summed E-state index contributed by atoms with van der Waals surface area (Å²) in [6.07, 6.45) is 2.45. The molecular weight excluding hydrogens is 316 g/mol. The highest BCUT2D eigenvalue weighted by Gasteiger charge is 2.16. The summed E-state index contributed by atoms with van der Waals surface area (Å²) in [5.41, 5.74) is 2.36. The fourth-order valence-electron chi connectivity index (χ4n) is 2.73. The first-order chi connectivity index (χ1) is 12.1. The van der Waals surface area contributed by atoms with E-state index in [1.807, 2.05) is 44.4 Å². The number of hydrogen-bond donors (Lipinski definition) is 1. The first-order valence-corrected chi connectivity index (χ1v) is 8.78. The molecule has 0 saturated heterocycles. The summed E-state index contributed by atoms with van der Waals surface area (Å²) in [7, 11) is 2.01. The van der Waals surface area contributed by atoms with Crippen molar-refractivity contribution in [2.75, 3.05) is 13.2 Å². The third-order valence-corrected chi connectivity index (χ3v) is 4.05. The second kappa shape index (κ2) is 10.0. The number of nitrogens with zero attached hydrogens (tertiary/aromatic N) is 2. The lowest BCUT2D eigenvalue weighted by atomic mass is 10.2. The molecular formula is C20H28N2O3. The van der Waals surface area contributed by atoms with E-state index in [1.165, 1.54) is 11.3 Å². The fraction of sp³-hybridized carbons (Fsp3) is 0.450. The predicted molar refractivity (Wildman–Crippen MR) is 97.8 cm³/mol. The van der Waals surface area contributed by atoms with Crippen LogP contribution in [-0.4, -0.2) is 39.8 Å². The molecule has 1 N–H and O–H groups in total. The molecule has 2 aromatic rings. The van der Waals surface area contributed by atoms with Crippen molar-refractivity contribution in [3.05, 3.63) is 59.9 Å². The lowest BCUT2D eigenvalue weighted by Gasteiger charge is -2.25. The van der Waals surface area contributed by atoms with Crippen molar-refractivity contribution in [1.82, 2.24) is 9.47 Å². The topological polar surface area (TPSA) is 54.7 Å². The van der Waals surface area contributed by atoms with Crippen LogP contribution in [0.25, 0.3) is 0 Å². The molecule has 2 rings (SSSR count). The van der Waals surface area contributed by atoms with E-state index in [0.717, 1.165) is 19.5 Å². The maximum absolute atomic E-state index is 11.5. The van der Waals surface area contributed by atoms with Gasteiger partial charge in [0.1, 0.15) is 12.7 Å². The summed E-state index contributed by atoms with van der Waals surface area (Å²) in [5, 5.41) is 10.3. The van der Waals surface area contributed by atoms with Crippen LogP contribution in [0.2, 0.25) is 0 Å². The standard InChI is InChI=1S/C20H28N2O3/c1-3-8-20(24)25-16-19(23)15-22(13-17-9-5-4-6-10-17)14-18-11-7-12-21(18)2/h4-7,9-12,19,23H,3,8,13-16H2,1-2H3. The van der Waals surface area contributed by atoms with Gasteiger partial charge in [-0.2, -0.15) is 0 Å². The zero-order chi connectivity index (χ0) is 18.1. The van der Waals surface area contributed by atoms with Gasteiger partial charge in [0, 0.05) is 45.0 Å². The molecule has 5 nitrogen and oxygen atoms in total. The number of ether oxygens (including phenoxy) is 1. The van der Waals surface area contributed by atoms with E-state index in [-0.39, 0.29) is 12.6 Å². The summed E-state index contributed by atoms with van der Waals surface area (Å²) >= 11 is 0. The molecule has 1 unspecified atom stereocenters. The number of benzene rings is 1. The number of esters is 1. The van der Waals surface area contributed by atoms with Crippen LogP contribution in [0.15, 0.2) is 48.7 Å². The van der Waals surface area contributed by atoms with E-state index in [4.69, 9.17) is 4.74 Å². The van der Waals surface area contributed by atoms with Gasteiger partial charge in [-0.05, 0) is 24.1 Å². The van der Waals surface area contributed by atoms with Gasteiger partial charge in [-0.25, -0.2) is 0 Å². The van der Waals surface area contributed by atoms with Crippen LogP contribution in [0.4, 0.5) is 0 Å². The number of hydrogen-bond acceptors (Lipinski definition) is 4. The Balaban J connectivity index is 1.96.